The van der Waals surface area contributed by atoms with E-state index in [0.717, 1.165) is 11.6 Å². The van der Waals surface area contributed by atoms with E-state index in [4.69, 9.17) is 14.2 Å². The summed E-state index contributed by atoms with van der Waals surface area (Å²) in [5.74, 6) is 2.85. The summed E-state index contributed by atoms with van der Waals surface area (Å²) in [4.78, 5) is 29.1. The van der Waals surface area contributed by atoms with E-state index in [-0.39, 0.29) is 17.9 Å². The number of carbonyl (C=O) groups is 2. The molecule has 0 aliphatic carbocycles. The quantitative estimate of drug-likeness (QED) is 0.784. The molecule has 0 bridgehead atoms. The summed E-state index contributed by atoms with van der Waals surface area (Å²) in [5.41, 5.74) is 0.420. The van der Waals surface area contributed by atoms with Crippen LogP contribution in [-0.4, -0.2) is 86.8 Å². The third-order valence-corrected chi connectivity index (χ3v) is 5.77. The molecule has 148 valence electrons. The van der Waals surface area contributed by atoms with Crippen molar-refractivity contribution in [1.82, 2.24) is 15.1 Å². The first-order valence-electron chi connectivity index (χ1n) is 8.78. The lowest BCUT2D eigenvalue weighted by atomic mass is 10.1. The van der Waals surface area contributed by atoms with Crippen LogP contribution < -0.4 is 19.5 Å². The van der Waals surface area contributed by atoms with E-state index < -0.39 is 0 Å². The van der Waals surface area contributed by atoms with Gasteiger partial charge in [-0.3, -0.25) is 14.9 Å². The van der Waals surface area contributed by atoms with E-state index in [2.05, 4.69) is 5.32 Å². The fourth-order valence-corrected chi connectivity index (χ4v) is 4.28. The lowest BCUT2D eigenvalue weighted by molar-refractivity contribution is -0.134. The molecule has 2 aliphatic rings. The summed E-state index contributed by atoms with van der Waals surface area (Å²) in [7, 11) is 4.54. The number of piperazine rings is 1. The van der Waals surface area contributed by atoms with E-state index in [1.165, 1.54) is 21.3 Å². The van der Waals surface area contributed by atoms with Crippen molar-refractivity contribution in [1.29, 1.82) is 0 Å². The number of amides is 2. The highest BCUT2D eigenvalue weighted by Gasteiger charge is 2.32. The number of nitrogens with zero attached hydrogens (tertiary/aromatic N) is 2. The number of benzene rings is 1. The summed E-state index contributed by atoms with van der Waals surface area (Å²) in [6.07, 6.45) is 0. The molecule has 0 aromatic heterocycles. The van der Waals surface area contributed by atoms with Gasteiger partial charge in [0.2, 0.25) is 11.7 Å². The van der Waals surface area contributed by atoms with Crippen molar-refractivity contribution >= 4 is 23.6 Å². The van der Waals surface area contributed by atoms with Gasteiger partial charge in [0.1, 0.15) is 0 Å². The van der Waals surface area contributed by atoms with Gasteiger partial charge >= 0.3 is 0 Å². The molecular formula is C18H25N3O5S. The molecule has 0 spiro atoms. The zero-order valence-electron chi connectivity index (χ0n) is 15.8. The molecule has 27 heavy (non-hydrogen) atoms. The zero-order valence-corrected chi connectivity index (χ0v) is 16.6. The third-order valence-electron chi connectivity index (χ3n) is 4.83. The minimum Gasteiger partial charge on any atom is -0.493 e. The van der Waals surface area contributed by atoms with Crippen LogP contribution in [0.3, 0.4) is 0 Å². The van der Waals surface area contributed by atoms with Crippen molar-refractivity contribution in [2.45, 2.75) is 6.04 Å². The second-order valence-corrected chi connectivity index (χ2v) is 7.30. The van der Waals surface area contributed by atoms with Crippen LogP contribution in [0.1, 0.15) is 10.4 Å². The maximum absolute atomic E-state index is 13.0. The van der Waals surface area contributed by atoms with Crippen molar-refractivity contribution in [3.8, 4) is 17.2 Å². The fraction of sp³-hybridized carbons (Fsp3) is 0.556. The number of thioether (sulfide) groups is 1. The van der Waals surface area contributed by atoms with Crippen LogP contribution >= 0.6 is 11.8 Å². The van der Waals surface area contributed by atoms with Gasteiger partial charge in [-0.2, -0.15) is 0 Å². The largest absolute Gasteiger partial charge is 0.493 e. The van der Waals surface area contributed by atoms with E-state index in [0.29, 0.717) is 49.0 Å². The van der Waals surface area contributed by atoms with Crippen LogP contribution in [0.15, 0.2) is 12.1 Å². The van der Waals surface area contributed by atoms with Crippen LogP contribution in [0.2, 0.25) is 0 Å². The molecule has 1 unspecified atom stereocenters. The summed E-state index contributed by atoms with van der Waals surface area (Å²) in [6.45, 7) is 2.04. The Morgan fingerprint density at radius 1 is 1.00 bits per heavy atom. The summed E-state index contributed by atoms with van der Waals surface area (Å²) in [6, 6.07) is 3.26. The van der Waals surface area contributed by atoms with Crippen molar-refractivity contribution < 1.29 is 23.8 Å². The smallest absolute Gasteiger partial charge is 0.257 e. The Morgan fingerprint density at radius 2 is 1.67 bits per heavy atom. The highest BCUT2D eigenvalue weighted by Crippen LogP contribution is 2.40. The SMILES string of the molecule is COc1ccc(C(=O)N2CCN(C(=O)C3CSCN3)CC2)c(OC)c1OC. The molecule has 0 saturated carbocycles. The molecule has 1 aromatic carbocycles. The summed E-state index contributed by atoms with van der Waals surface area (Å²) in [5, 5.41) is 3.20. The molecule has 2 heterocycles. The number of carbonyl (C=O) groups excluding carboxylic acids is 2. The second kappa shape index (κ2) is 8.71. The minimum absolute atomic E-state index is 0.108. The highest BCUT2D eigenvalue weighted by molar-refractivity contribution is 7.99. The Labute approximate surface area is 163 Å². The van der Waals surface area contributed by atoms with Gasteiger partial charge in [0.15, 0.2) is 11.5 Å². The number of ether oxygens (including phenoxy) is 3. The molecule has 9 heteroatoms. The minimum atomic E-state index is -0.144. The van der Waals surface area contributed by atoms with E-state index >= 15 is 0 Å². The second-order valence-electron chi connectivity index (χ2n) is 6.27. The lowest BCUT2D eigenvalue weighted by Gasteiger charge is -2.36. The Hall–Kier alpha value is -2.13. The van der Waals surface area contributed by atoms with Crippen LogP contribution in [0, 0.1) is 0 Å². The first-order chi connectivity index (χ1) is 13.1. The Morgan fingerprint density at radius 3 is 2.22 bits per heavy atom. The first kappa shape index (κ1) is 19.6. The average Bonchev–Trinajstić information content (AvgIpc) is 3.26. The molecule has 1 atom stereocenters. The van der Waals surface area contributed by atoms with E-state index in [1.54, 1.807) is 28.8 Å². The Bertz CT molecular complexity index is 700. The van der Waals surface area contributed by atoms with Crippen molar-refractivity contribution in [3.63, 3.8) is 0 Å². The molecule has 2 amide bonds. The topological polar surface area (TPSA) is 80.3 Å². The fourth-order valence-electron chi connectivity index (χ4n) is 3.34. The third kappa shape index (κ3) is 3.93. The van der Waals surface area contributed by atoms with Gasteiger partial charge in [0, 0.05) is 37.8 Å². The van der Waals surface area contributed by atoms with Gasteiger partial charge in [0.25, 0.3) is 5.91 Å². The van der Waals surface area contributed by atoms with Gasteiger partial charge in [0.05, 0.1) is 32.9 Å². The number of methoxy groups -OCH3 is 3. The number of hydrogen-bond acceptors (Lipinski definition) is 7. The molecule has 2 saturated heterocycles. The lowest BCUT2D eigenvalue weighted by Crippen LogP contribution is -2.54. The van der Waals surface area contributed by atoms with Crippen LogP contribution in [0.25, 0.3) is 0 Å². The van der Waals surface area contributed by atoms with Gasteiger partial charge in [-0.25, -0.2) is 0 Å². The molecule has 8 nitrogen and oxygen atoms in total. The predicted octanol–water partition coefficient (Wildman–Crippen LogP) is 0.659. The number of nitrogens with one attached hydrogen (secondary N) is 1. The van der Waals surface area contributed by atoms with E-state index in [9.17, 15) is 9.59 Å². The van der Waals surface area contributed by atoms with Gasteiger partial charge in [-0.05, 0) is 12.1 Å². The maximum Gasteiger partial charge on any atom is 0.257 e. The molecule has 0 radical (unpaired) electrons. The Balaban J connectivity index is 1.70. The maximum atomic E-state index is 13.0. The Kier molecular flexibility index (Phi) is 6.33. The zero-order chi connectivity index (χ0) is 19.4. The normalized spacial score (nSPS) is 19.7. The molecule has 3 rings (SSSR count). The molecule has 2 aliphatic heterocycles. The van der Waals surface area contributed by atoms with Crippen LogP contribution in [-0.2, 0) is 4.79 Å². The van der Waals surface area contributed by atoms with E-state index in [1.807, 2.05) is 4.90 Å². The number of hydrogen-bond donors (Lipinski definition) is 1. The van der Waals surface area contributed by atoms with Crippen molar-refractivity contribution in [2.75, 3.05) is 59.1 Å². The van der Waals surface area contributed by atoms with Gasteiger partial charge in [-0.1, -0.05) is 0 Å². The van der Waals surface area contributed by atoms with Crippen LogP contribution in [0.5, 0.6) is 17.2 Å². The van der Waals surface area contributed by atoms with Crippen molar-refractivity contribution in [3.05, 3.63) is 17.7 Å². The predicted molar refractivity (Wildman–Crippen MR) is 103 cm³/mol. The van der Waals surface area contributed by atoms with Crippen LogP contribution in [0.4, 0.5) is 0 Å². The van der Waals surface area contributed by atoms with Gasteiger partial charge in [-0.15, -0.1) is 11.8 Å². The van der Waals surface area contributed by atoms with Crippen molar-refractivity contribution in [2.24, 2.45) is 0 Å². The number of rotatable bonds is 5. The summed E-state index contributed by atoms with van der Waals surface area (Å²) < 4.78 is 16.0. The molecule has 2 fully saturated rings. The summed E-state index contributed by atoms with van der Waals surface area (Å²) >= 11 is 1.73. The molecule has 1 N–H and O–H groups in total. The standard InChI is InChI=1S/C18H25N3O5S/c1-24-14-5-4-12(15(25-2)16(14)26-3)17(22)20-6-8-21(9-7-20)18(23)13-10-27-11-19-13/h4-5,13,19H,6-11H2,1-3H3. The monoisotopic (exact) mass is 395 g/mol. The first-order valence-corrected chi connectivity index (χ1v) is 9.94. The van der Waals surface area contributed by atoms with Gasteiger partial charge < -0.3 is 24.0 Å². The highest BCUT2D eigenvalue weighted by atomic mass is 32.2. The molecule has 1 aromatic rings. The molecular weight excluding hydrogens is 370 g/mol. The average molecular weight is 395 g/mol.